The fraction of sp³-hybridized carbons (Fsp3) is 0.222. The number of urea groups is 1. The Morgan fingerprint density at radius 3 is 2.50 bits per heavy atom. The predicted octanol–water partition coefficient (Wildman–Crippen LogP) is 2.57. The first kappa shape index (κ1) is 17.4. The van der Waals surface area contributed by atoms with Crippen LogP contribution < -0.4 is 30.2 Å². The third-order valence-corrected chi connectivity index (χ3v) is 3.64. The molecule has 1 aliphatic heterocycles. The van der Waals surface area contributed by atoms with Gasteiger partial charge in [0.05, 0.1) is 7.11 Å². The van der Waals surface area contributed by atoms with E-state index in [0.717, 1.165) is 0 Å². The van der Waals surface area contributed by atoms with E-state index in [2.05, 4.69) is 16.0 Å². The summed E-state index contributed by atoms with van der Waals surface area (Å²) in [7, 11) is 1.57. The van der Waals surface area contributed by atoms with Crippen molar-refractivity contribution in [3.8, 4) is 17.2 Å². The molecule has 0 spiro atoms. The van der Waals surface area contributed by atoms with Crippen molar-refractivity contribution in [2.45, 2.75) is 6.42 Å². The molecular weight excluding hydrogens is 338 g/mol. The third kappa shape index (κ3) is 4.56. The van der Waals surface area contributed by atoms with Crippen molar-refractivity contribution < 1.29 is 23.8 Å². The number of nitrogens with one attached hydrogen (secondary N) is 3. The maximum atomic E-state index is 12.0. The Morgan fingerprint density at radius 2 is 1.73 bits per heavy atom. The van der Waals surface area contributed by atoms with E-state index in [9.17, 15) is 9.59 Å². The Balaban J connectivity index is 1.39. The molecule has 1 aliphatic rings. The number of carbonyl (C=O) groups excluding carboxylic acids is 2. The van der Waals surface area contributed by atoms with Crippen LogP contribution in [0.15, 0.2) is 42.5 Å². The van der Waals surface area contributed by atoms with Gasteiger partial charge in [-0.1, -0.05) is 0 Å². The number of hydrogen-bond acceptors (Lipinski definition) is 5. The summed E-state index contributed by atoms with van der Waals surface area (Å²) in [6.45, 7) is 0.387. The number of carbonyl (C=O) groups is 2. The molecule has 0 unspecified atom stereocenters. The van der Waals surface area contributed by atoms with E-state index in [4.69, 9.17) is 14.2 Å². The highest BCUT2D eigenvalue weighted by Gasteiger charge is 2.14. The second kappa shape index (κ2) is 8.11. The molecule has 0 atom stereocenters. The van der Waals surface area contributed by atoms with Crippen LogP contribution in [0.25, 0.3) is 0 Å². The van der Waals surface area contributed by atoms with Crippen LogP contribution in [0.2, 0.25) is 0 Å². The van der Waals surface area contributed by atoms with Crippen molar-refractivity contribution in [3.05, 3.63) is 42.5 Å². The quantitative estimate of drug-likeness (QED) is 0.738. The molecule has 26 heavy (non-hydrogen) atoms. The molecule has 0 saturated carbocycles. The van der Waals surface area contributed by atoms with Gasteiger partial charge in [-0.15, -0.1) is 0 Å². The van der Waals surface area contributed by atoms with Crippen LogP contribution in [0.1, 0.15) is 6.42 Å². The van der Waals surface area contributed by atoms with Crippen molar-refractivity contribution in [1.82, 2.24) is 5.32 Å². The molecule has 0 radical (unpaired) electrons. The number of methoxy groups -OCH3 is 1. The minimum absolute atomic E-state index is 0.143. The van der Waals surface area contributed by atoms with Crippen molar-refractivity contribution >= 4 is 23.3 Å². The lowest BCUT2D eigenvalue weighted by Gasteiger charge is -2.09. The minimum atomic E-state index is -0.383. The van der Waals surface area contributed by atoms with Crippen molar-refractivity contribution in [2.75, 3.05) is 31.1 Å². The highest BCUT2D eigenvalue weighted by molar-refractivity contribution is 5.92. The zero-order valence-electron chi connectivity index (χ0n) is 14.2. The van der Waals surface area contributed by atoms with E-state index in [1.54, 1.807) is 49.6 Å². The molecule has 2 aromatic carbocycles. The molecule has 136 valence electrons. The number of fused-ring (bicyclic) bond motifs is 1. The summed E-state index contributed by atoms with van der Waals surface area (Å²) in [5.41, 5.74) is 1.25. The Hall–Kier alpha value is -3.42. The summed E-state index contributed by atoms with van der Waals surface area (Å²) in [6, 6.07) is 11.7. The highest BCUT2D eigenvalue weighted by atomic mass is 16.7. The lowest BCUT2D eigenvalue weighted by molar-refractivity contribution is -0.116. The predicted molar refractivity (Wildman–Crippen MR) is 95.8 cm³/mol. The average Bonchev–Trinajstić information content (AvgIpc) is 3.10. The maximum Gasteiger partial charge on any atom is 0.319 e. The zero-order valence-corrected chi connectivity index (χ0v) is 14.2. The smallest absolute Gasteiger partial charge is 0.319 e. The van der Waals surface area contributed by atoms with Crippen molar-refractivity contribution in [3.63, 3.8) is 0 Å². The standard InChI is InChI=1S/C18H19N3O5/c1-24-14-5-2-12(3-6-14)21-18(23)19-9-8-17(22)20-13-4-7-15-16(10-13)26-11-25-15/h2-7,10H,8-9,11H2,1H3,(H,20,22)(H2,19,21,23). The number of rotatable bonds is 6. The Labute approximate surface area is 150 Å². The van der Waals surface area contributed by atoms with Crippen molar-refractivity contribution in [2.24, 2.45) is 0 Å². The first-order valence-electron chi connectivity index (χ1n) is 8.02. The first-order chi connectivity index (χ1) is 12.6. The summed E-state index contributed by atoms with van der Waals surface area (Å²) >= 11 is 0. The molecule has 0 bridgehead atoms. The van der Waals surface area contributed by atoms with Gasteiger partial charge >= 0.3 is 6.03 Å². The Morgan fingerprint density at radius 1 is 1.00 bits per heavy atom. The number of anilines is 2. The number of amides is 3. The fourth-order valence-electron chi connectivity index (χ4n) is 2.34. The topological polar surface area (TPSA) is 97.9 Å². The normalized spacial score (nSPS) is 11.6. The van der Waals surface area contributed by atoms with Gasteiger partial charge in [-0.3, -0.25) is 4.79 Å². The summed E-state index contributed by atoms with van der Waals surface area (Å²) in [4.78, 5) is 23.8. The van der Waals surface area contributed by atoms with Gasteiger partial charge in [0, 0.05) is 30.4 Å². The molecule has 3 rings (SSSR count). The SMILES string of the molecule is COc1ccc(NC(=O)NCCC(=O)Nc2ccc3c(c2)OCO3)cc1. The molecule has 2 aromatic rings. The molecule has 0 aliphatic carbocycles. The number of hydrogen-bond donors (Lipinski definition) is 3. The highest BCUT2D eigenvalue weighted by Crippen LogP contribution is 2.34. The van der Waals surface area contributed by atoms with Crippen molar-refractivity contribution in [1.29, 1.82) is 0 Å². The molecule has 8 nitrogen and oxygen atoms in total. The van der Waals surface area contributed by atoms with Crippen LogP contribution in [-0.2, 0) is 4.79 Å². The minimum Gasteiger partial charge on any atom is -0.497 e. The summed E-state index contributed by atoms with van der Waals surface area (Å²) < 4.78 is 15.5. The van der Waals surface area contributed by atoms with Crippen LogP contribution >= 0.6 is 0 Å². The van der Waals surface area contributed by atoms with Crippen LogP contribution in [0.5, 0.6) is 17.2 Å². The van der Waals surface area contributed by atoms with Gasteiger partial charge in [-0.2, -0.15) is 0 Å². The largest absolute Gasteiger partial charge is 0.497 e. The van der Waals surface area contributed by atoms with Crippen LogP contribution in [0, 0.1) is 0 Å². The molecular formula is C18H19N3O5. The second-order valence-electron chi connectivity index (χ2n) is 5.48. The average molecular weight is 357 g/mol. The molecule has 3 N–H and O–H groups in total. The van der Waals surface area contributed by atoms with Gasteiger partial charge in [0.2, 0.25) is 12.7 Å². The second-order valence-corrected chi connectivity index (χ2v) is 5.48. The Bertz CT molecular complexity index is 792. The van der Waals surface area contributed by atoms with E-state index in [1.807, 2.05) is 0 Å². The lowest BCUT2D eigenvalue weighted by Crippen LogP contribution is -2.31. The molecule has 3 amide bonds. The Kier molecular flexibility index (Phi) is 5.43. The summed E-state index contributed by atoms with van der Waals surface area (Å²) in [5.74, 6) is 1.74. The van der Waals surface area contributed by atoms with Gasteiger partial charge in [0.15, 0.2) is 11.5 Å². The number of ether oxygens (including phenoxy) is 3. The maximum absolute atomic E-state index is 12.0. The lowest BCUT2D eigenvalue weighted by atomic mass is 10.2. The first-order valence-corrected chi connectivity index (χ1v) is 8.02. The van der Waals surface area contributed by atoms with E-state index in [1.165, 1.54) is 0 Å². The fourth-order valence-corrected chi connectivity index (χ4v) is 2.34. The summed E-state index contributed by atoms with van der Waals surface area (Å²) in [6.07, 6.45) is 0.143. The molecule has 8 heteroatoms. The van der Waals surface area contributed by atoms with E-state index in [0.29, 0.717) is 28.6 Å². The zero-order chi connectivity index (χ0) is 18.4. The number of benzene rings is 2. The van der Waals surface area contributed by atoms with Gasteiger partial charge in [0.1, 0.15) is 5.75 Å². The molecule has 0 aromatic heterocycles. The molecule has 1 heterocycles. The molecule has 0 fully saturated rings. The van der Waals surface area contributed by atoms with Gasteiger partial charge < -0.3 is 30.2 Å². The van der Waals surface area contributed by atoms with E-state index >= 15 is 0 Å². The van der Waals surface area contributed by atoms with E-state index < -0.39 is 0 Å². The van der Waals surface area contributed by atoms with Gasteiger partial charge in [-0.05, 0) is 36.4 Å². The van der Waals surface area contributed by atoms with Crippen LogP contribution in [0.4, 0.5) is 16.2 Å². The van der Waals surface area contributed by atoms with Crippen LogP contribution in [0.3, 0.4) is 0 Å². The van der Waals surface area contributed by atoms with Gasteiger partial charge in [0.25, 0.3) is 0 Å². The molecule has 0 saturated heterocycles. The van der Waals surface area contributed by atoms with E-state index in [-0.39, 0.29) is 31.7 Å². The third-order valence-electron chi connectivity index (χ3n) is 3.64. The monoisotopic (exact) mass is 357 g/mol. The van der Waals surface area contributed by atoms with Gasteiger partial charge in [-0.25, -0.2) is 4.79 Å². The van der Waals surface area contributed by atoms with Crippen LogP contribution in [-0.4, -0.2) is 32.4 Å². The summed E-state index contributed by atoms with van der Waals surface area (Å²) in [5, 5.41) is 8.06.